The van der Waals surface area contributed by atoms with Gasteiger partial charge in [0.2, 0.25) is 0 Å². The van der Waals surface area contributed by atoms with Crippen molar-refractivity contribution in [1.82, 2.24) is 20.4 Å². The van der Waals surface area contributed by atoms with Gasteiger partial charge in [0.05, 0.1) is 5.69 Å². The molecule has 0 atom stereocenters. The van der Waals surface area contributed by atoms with Crippen molar-refractivity contribution in [3.8, 4) is 0 Å². The summed E-state index contributed by atoms with van der Waals surface area (Å²) in [6.07, 6.45) is 1.04. The molecule has 0 unspecified atom stereocenters. The highest BCUT2D eigenvalue weighted by Gasteiger charge is 2.10. The van der Waals surface area contributed by atoms with Crippen molar-refractivity contribution in [3.63, 3.8) is 0 Å². The minimum atomic E-state index is 0. The number of nitrogens with one attached hydrogen (secondary N) is 2. The van der Waals surface area contributed by atoms with Gasteiger partial charge >= 0.3 is 0 Å². The number of benzene rings is 1. The Labute approximate surface area is 162 Å². The zero-order valence-electron chi connectivity index (χ0n) is 15.2. The van der Waals surface area contributed by atoms with Crippen LogP contribution < -0.4 is 10.6 Å². The SMILES string of the molecule is CCc1ccccc1CNC(=NC)NCc1c(C)nn(C)c1C.I. The number of guanidine groups is 1. The Balaban J connectivity index is 0.00000288. The maximum absolute atomic E-state index is 4.45. The minimum absolute atomic E-state index is 0. The Morgan fingerprint density at radius 2 is 1.75 bits per heavy atom. The lowest BCUT2D eigenvalue weighted by Crippen LogP contribution is -2.36. The summed E-state index contributed by atoms with van der Waals surface area (Å²) in [5.41, 5.74) is 6.15. The number of halogens is 1. The summed E-state index contributed by atoms with van der Waals surface area (Å²) in [5, 5.41) is 11.2. The maximum atomic E-state index is 4.45. The van der Waals surface area contributed by atoms with Gasteiger partial charge < -0.3 is 10.6 Å². The summed E-state index contributed by atoms with van der Waals surface area (Å²) in [4.78, 5) is 4.31. The monoisotopic (exact) mass is 441 g/mol. The van der Waals surface area contributed by atoms with Crippen LogP contribution in [0.2, 0.25) is 0 Å². The Morgan fingerprint density at radius 1 is 1.12 bits per heavy atom. The van der Waals surface area contributed by atoms with Crippen LogP contribution in [0, 0.1) is 13.8 Å². The second kappa shape index (κ2) is 9.66. The standard InChI is InChI=1S/C18H27N5.HI/c1-6-15-9-7-8-10-16(15)11-20-18(19-4)21-12-17-13(2)22-23(5)14(17)3;/h7-10H,6,11-12H2,1-5H3,(H2,19,20,21);1H. The second-order valence-electron chi connectivity index (χ2n) is 5.67. The molecule has 1 aromatic carbocycles. The molecule has 132 valence electrons. The van der Waals surface area contributed by atoms with E-state index in [1.54, 1.807) is 7.05 Å². The predicted octanol–water partition coefficient (Wildman–Crippen LogP) is 3.08. The Hall–Kier alpha value is -1.57. The molecule has 24 heavy (non-hydrogen) atoms. The molecular formula is C18H28IN5. The third kappa shape index (κ3) is 4.96. The van der Waals surface area contributed by atoms with Gasteiger partial charge in [0, 0.05) is 38.4 Å². The van der Waals surface area contributed by atoms with Crippen LogP contribution in [0.4, 0.5) is 0 Å². The molecular weight excluding hydrogens is 413 g/mol. The van der Waals surface area contributed by atoms with E-state index in [-0.39, 0.29) is 24.0 Å². The largest absolute Gasteiger partial charge is 0.352 e. The molecule has 0 aliphatic rings. The molecule has 0 saturated carbocycles. The molecule has 0 bridgehead atoms. The first kappa shape index (κ1) is 20.5. The number of aliphatic imine (C=N–C) groups is 1. The van der Waals surface area contributed by atoms with E-state index in [2.05, 4.69) is 58.8 Å². The molecule has 5 nitrogen and oxygen atoms in total. The zero-order chi connectivity index (χ0) is 16.8. The summed E-state index contributed by atoms with van der Waals surface area (Å²) < 4.78 is 1.92. The number of rotatable bonds is 5. The molecule has 1 aromatic heterocycles. The van der Waals surface area contributed by atoms with E-state index in [9.17, 15) is 0 Å². The third-order valence-corrected chi connectivity index (χ3v) is 4.26. The molecule has 0 amide bonds. The normalized spacial score (nSPS) is 11.1. The number of hydrogen-bond acceptors (Lipinski definition) is 2. The first-order valence-corrected chi connectivity index (χ1v) is 8.07. The molecule has 0 aliphatic heterocycles. The van der Waals surface area contributed by atoms with E-state index >= 15 is 0 Å². The van der Waals surface area contributed by atoms with Crippen LogP contribution in [0.25, 0.3) is 0 Å². The van der Waals surface area contributed by atoms with E-state index in [0.29, 0.717) is 0 Å². The van der Waals surface area contributed by atoms with E-state index < -0.39 is 0 Å². The lowest BCUT2D eigenvalue weighted by Gasteiger charge is -2.14. The van der Waals surface area contributed by atoms with Gasteiger partial charge in [-0.25, -0.2) is 0 Å². The second-order valence-corrected chi connectivity index (χ2v) is 5.67. The summed E-state index contributed by atoms with van der Waals surface area (Å²) in [6, 6.07) is 8.50. The lowest BCUT2D eigenvalue weighted by atomic mass is 10.1. The van der Waals surface area contributed by atoms with Crippen LogP contribution in [-0.4, -0.2) is 22.8 Å². The van der Waals surface area contributed by atoms with Crippen LogP contribution >= 0.6 is 24.0 Å². The van der Waals surface area contributed by atoms with Crippen molar-refractivity contribution in [2.75, 3.05) is 7.05 Å². The molecule has 0 saturated heterocycles. The molecule has 1 heterocycles. The van der Waals surface area contributed by atoms with E-state index in [4.69, 9.17) is 0 Å². The van der Waals surface area contributed by atoms with Crippen LogP contribution in [0.3, 0.4) is 0 Å². The average molecular weight is 441 g/mol. The van der Waals surface area contributed by atoms with Crippen molar-refractivity contribution >= 4 is 29.9 Å². The third-order valence-electron chi connectivity index (χ3n) is 4.26. The van der Waals surface area contributed by atoms with Crippen molar-refractivity contribution in [3.05, 3.63) is 52.3 Å². The number of aryl methyl sites for hydroxylation is 3. The number of hydrogen-bond donors (Lipinski definition) is 2. The minimum Gasteiger partial charge on any atom is -0.352 e. The molecule has 2 N–H and O–H groups in total. The lowest BCUT2D eigenvalue weighted by molar-refractivity contribution is 0.728. The highest BCUT2D eigenvalue weighted by molar-refractivity contribution is 14.0. The summed E-state index contributed by atoms with van der Waals surface area (Å²) >= 11 is 0. The fourth-order valence-corrected chi connectivity index (χ4v) is 2.72. The van der Waals surface area contributed by atoms with Gasteiger partial charge in [0.1, 0.15) is 0 Å². The predicted molar refractivity (Wildman–Crippen MR) is 111 cm³/mol. The zero-order valence-corrected chi connectivity index (χ0v) is 17.5. The molecule has 6 heteroatoms. The van der Waals surface area contributed by atoms with Gasteiger partial charge in [-0.05, 0) is 31.4 Å². The van der Waals surface area contributed by atoms with Gasteiger partial charge in [-0.2, -0.15) is 5.10 Å². The fraction of sp³-hybridized carbons (Fsp3) is 0.444. The number of aromatic nitrogens is 2. The summed E-state index contributed by atoms with van der Waals surface area (Å²) in [6.45, 7) is 7.80. The topological polar surface area (TPSA) is 54.2 Å². The van der Waals surface area contributed by atoms with E-state index in [0.717, 1.165) is 31.2 Å². The highest BCUT2D eigenvalue weighted by Crippen LogP contribution is 2.11. The summed E-state index contributed by atoms with van der Waals surface area (Å²) in [5.74, 6) is 0.804. The van der Waals surface area contributed by atoms with Crippen LogP contribution in [-0.2, 0) is 26.6 Å². The van der Waals surface area contributed by atoms with Gasteiger partial charge in [-0.1, -0.05) is 31.2 Å². The first-order valence-electron chi connectivity index (χ1n) is 8.07. The van der Waals surface area contributed by atoms with Crippen molar-refractivity contribution < 1.29 is 0 Å². The van der Waals surface area contributed by atoms with E-state index in [1.807, 2.05) is 18.7 Å². The molecule has 2 rings (SSSR count). The first-order chi connectivity index (χ1) is 11.1. The fourth-order valence-electron chi connectivity index (χ4n) is 2.72. The molecule has 2 aromatic rings. The van der Waals surface area contributed by atoms with Gasteiger partial charge in [-0.3, -0.25) is 9.67 Å². The molecule has 0 fully saturated rings. The van der Waals surface area contributed by atoms with Crippen molar-refractivity contribution in [2.24, 2.45) is 12.0 Å². The van der Waals surface area contributed by atoms with Crippen LogP contribution in [0.5, 0.6) is 0 Å². The average Bonchev–Trinajstić information content (AvgIpc) is 2.81. The van der Waals surface area contributed by atoms with Crippen LogP contribution in [0.1, 0.15) is 35.0 Å². The molecule has 0 aliphatic carbocycles. The Kier molecular flexibility index (Phi) is 8.24. The summed E-state index contributed by atoms with van der Waals surface area (Å²) in [7, 11) is 3.77. The van der Waals surface area contributed by atoms with Crippen LogP contribution in [0.15, 0.2) is 29.3 Å². The Bertz CT molecular complexity index is 691. The van der Waals surface area contributed by atoms with E-state index in [1.165, 1.54) is 22.4 Å². The maximum Gasteiger partial charge on any atom is 0.191 e. The van der Waals surface area contributed by atoms with Crippen molar-refractivity contribution in [1.29, 1.82) is 0 Å². The highest BCUT2D eigenvalue weighted by atomic mass is 127. The van der Waals surface area contributed by atoms with Gasteiger partial charge in [0.25, 0.3) is 0 Å². The van der Waals surface area contributed by atoms with Gasteiger partial charge in [-0.15, -0.1) is 24.0 Å². The Morgan fingerprint density at radius 3 is 2.29 bits per heavy atom. The molecule has 0 spiro atoms. The molecule has 0 radical (unpaired) electrons. The van der Waals surface area contributed by atoms with Crippen molar-refractivity contribution in [2.45, 2.75) is 40.3 Å². The quantitative estimate of drug-likeness (QED) is 0.426. The number of nitrogens with zero attached hydrogens (tertiary/aromatic N) is 3. The smallest absolute Gasteiger partial charge is 0.191 e. The van der Waals surface area contributed by atoms with Gasteiger partial charge in [0.15, 0.2) is 5.96 Å².